The van der Waals surface area contributed by atoms with Gasteiger partial charge in [0.1, 0.15) is 0 Å². The van der Waals surface area contributed by atoms with E-state index in [2.05, 4.69) is 193 Å². The first-order chi connectivity index (χ1) is 26.3. The molecule has 0 fully saturated rings. The lowest BCUT2D eigenvalue weighted by molar-refractivity contribution is 1.01. The van der Waals surface area contributed by atoms with Crippen LogP contribution in [0.1, 0.15) is 0 Å². The second kappa shape index (κ2) is 11.7. The number of fused-ring (bicyclic) bond motifs is 11. The Bertz CT molecular complexity index is 3180. The average Bonchev–Trinajstić information content (AvgIpc) is 3.58. The van der Waals surface area contributed by atoms with Gasteiger partial charge in [-0.25, -0.2) is 9.97 Å². The Morgan fingerprint density at radius 1 is 0.302 bits per heavy atom. The molecular weight excluding hydrogens is 643 g/mol. The zero-order valence-electron chi connectivity index (χ0n) is 28.7. The van der Waals surface area contributed by atoms with Crippen LogP contribution in [0.25, 0.3) is 104 Å². The smallest absolute Gasteiger partial charge is 0.235 e. The van der Waals surface area contributed by atoms with Crippen LogP contribution in [-0.2, 0) is 0 Å². The Balaban J connectivity index is 1.15. The van der Waals surface area contributed by atoms with Gasteiger partial charge in [0.25, 0.3) is 0 Å². The molecule has 0 aliphatic heterocycles. The SMILES string of the molecule is c1ccc(-c2ccc(-c3cccc(-c4nc(-n5c6ccccc6c6c7c8ccccc8c8ccccc8c7ccc65)nc5ccccc45)c3)cc2)cc1. The van der Waals surface area contributed by atoms with Crippen LogP contribution in [0.3, 0.4) is 0 Å². The Kier molecular flexibility index (Phi) is 6.55. The summed E-state index contributed by atoms with van der Waals surface area (Å²) < 4.78 is 2.26. The molecule has 0 atom stereocenters. The van der Waals surface area contributed by atoms with Gasteiger partial charge in [-0.2, -0.15) is 0 Å². The second-order valence-electron chi connectivity index (χ2n) is 13.7. The van der Waals surface area contributed by atoms with E-state index in [-0.39, 0.29) is 0 Å². The Morgan fingerprint density at radius 2 is 0.830 bits per heavy atom. The quantitative estimate of drug-likeness (QED) is 0.174. The fraction of sp³-hybridized carbons (Fsp3) is 0. The minimum absolute atomic E-state index is 0.659. The zero-order chi connectivity index (χ0) is 34.9. The van der Waals surface area contributed by atoms with Crippen molar-refractivity contribution in [3.63, 3.8) is 0 Å². The molecule has 2 aromatic heterocycles. The molecule has 53 heavy (non-hydrogen) atoms. The number of aromatic nitrogens is 3. The molecule has 0 spiro atoms. The topological polar surface area (TPSA) is 30.7 Å². The normalized spacial score (nSPS) is 11.8. The third kappa shape index (κ3) is 4.61. The zero-order valence-corrected chi connectivity index (χ0v) is 28.7. The van der Waals surface area contributed by atoms with Gasteiger partial charge in [0.2, 0.25) is 5.95 Å². The number of nitrogens with zero attached hydrogens (tertiary/aromatic N) is 3. The molecule has 11 aromatic rings. The Labute approximate surface area is 306 Å². The molecule has 0 bridgehead atoms. The molecule has 0 saturated carbocycles. The monoisotopic (exact) mass is 673 g/mol. The van der Waals surface area contributed by atoms with Gasteiger partial charge in [-0.15, -0.1) is 0 Å². The lowest BCUT2D eigenvalue weighted by Gasteiger charge is -2.14. The molecule has 0 amide bonds. The summed E-state index contributed by atoms with van der Waals surface area (Å²) in [4.78, 5) is 10.7. The maximum Gasteiger partial charge on any atom is 0.235 e. The van der Waals surface area contributed by atoms with Crippen molar-refractivity contribution in [3.05, 3.63) is 188 Å². The standard InChI is InChI=1S/C50H31N3/c1-2-13-32(14-3-1)33-25-27-34(28-26-33)35-15-12-16-36(31-35)49-42-21-8-10-23-44(42)51-50(52-49)53-45-24-11-9-22-43(45)48-46(53)30-29-41-39-19-5-4-17-37(39)38-18-6-7-20-40(38)47(41)48/h1-31H. The fourth-order valence-electron chi connectivity index (χ4n) is 8.39. The summed E-state index contributed by atoms with van der Waals surface area (Å²) >= 11 is 0. The van der Waals surface area contributed by atoms with Crippen molar-refractivity contribution in [2.45, 2.75) is 0 Å². The average molecular weight is 674 g/mol. The van der Waals surface area contributed by atoms with Crippen LogP contribution in [0.15, 0.2) is 188 Å². The summed E-state index contributed by atoms with van der Waals surface area (Å²) in [5, 5.41) is 11.0. The van der Waals surface area contributed by atoms with Gasteiger partial charge in [0.15, 0.2) is 0 Å². The third-order valence-electron chi connectivity index (χ3n) is 10.8. The minimum atomic E-state index is 0.659. The molecule has 3 nitrogen and oxygen atoms in total. The van der Waals surface area contributed by atoms with Gasteiger partial charge in [-0.3, -0.25) is 4.57 Å². The molecule has 0 N–H and O–H groups in total. The molecule has 0 saturated heterocycles. The summed E-state index contributed by atoms with van der Waals surface area (Å²) in [6, 6.07) is 67.2. The summed E-state index contributed by atoms with van der Waals surface area (Å²) in [6.45, 7) is 0. The van der Waals surface area contributed by atoms with Crippen LogP contribution in [0.2, 0.25) is 0 Å². The number of hydrogen-bond acceptors (Lipinski definition) is 2. The number of para-hydroxylation sites is 2. The van der Waals surface area contributed by atoms with Gasteiger partial charge in [-0.1, -0.05) is 164 Å². The molecule has 0 unspecified atom stereocenters. The molecular formula is C50H31N3. The molecule has 9 aromatic carbocycles. The summed E-state index contributed by atoms with van der Waals surface area (Å²) in [6.07, 6.45) is 0. The van der Waals surface area contributed by atoms with Gasteiger partial charge < -0.3 is 0 Å². The summed E-state index contributed by atoms with van der Waals surface area (Å²) in [5.74, 6) is 0.659. The fourth-order valence-corrected chi connectivity index (χ4v) is 8.39. The predicted octanol–water partition coefficient (Wildman–Crippen LogP) is 13.2. The van der Waals surface area contributed by atoms with Gasteiger partial charge >= 0.3 is 0 Å². The minimum Gasteiger partial charge on any atom is -0.278 e. The van der Waals surface area contributed by atoms with Crippen molar-refractivity contribution < 1.29 is 0 Å². The van der Waals surface area contributed by atoms with Crippen molar-refractivity contribution >= 4 is 65.0 Å². The van der Waals surface area contributed by atoms with Gasteiger partial charge in [0, 0.05) is 27.1 Å². The highest BCUT2D eigenvalue weighted by Gasteiger charge is 2.21. The van der Waals surface area contributed by atoms with Crippen molar-refractivity contribution in [1.82, 2.24) is 14.5 Å². The summed E-state index contributed by atoms with van der Waals surface area (Å²) in [7, 11) is 0. The Hall–Kier alpha value is -7.10. The Morgan fingerprint density at radius 3 is 1.58 bits per heavy atom. The van der Waals surface area contributed by atoms with Crippen LogP contribution >= 0.6 is 0 Å². The first-order valence-corrected chi connectivity index (χ1v) is 18.1. The molecule has 3 heteroatoms. The van der Waals surface area contributed by atoms with E-state index in [1.165, 1.54) is 59.8 Å². The van der Waals surface area contributed by atoms with Crippen LogP contribution in [0.5, 0.6) is 0 Å². The van der Waals surface area contributed by atoms with E-state index >= 15 is 0 Å². The lowest BCUT2D eigenvalue weighted by Crippen LogP contribution is -2.03. The van der Waals surface area contributed by atoms with E-state index in [0.29, 0.717) is 5.95 Å². The van der Waals surface area contributed by atoms with Crippen LogP contribution < -0.4 is 0 Å². The molecule has 0 radical (unpaired) electrons. The van der Waals surface area contributed by atoms with E-state index in [0.717, 1.165) is 38.8 Å². The number of hydrogen-bond donors (Lipinski definition) is 0. The van der Waals surface area contributed by atoms with Gasteiger partial charge in [-0.05, 0) is 73.5 Å². The van der Waals surface area contributed by atoms with Crippen molar-refractivity contribution in [2.75, 3.05) is 0 Å². The highest BCUT2D eigenvalue weighted by atomic mass is 15.2. The van der Waals surface area contributed by atoms with Crippen LogP contribution in [0, 0.1) is 0 Å². The first-order valence-electron chi connectivity index (χ1n) is 18.1. The number of rotatable bonds is 4. The molecule has 11 rings (SSSR count). The number of benzene rings is 9. The van der Waals surface area contributed by atoms with Crippen molar-refractivity contribution in [2.24, 2.45) is 0 Å². The van der Waals surface area contributed by atoms with Crippen molar-refractivity contribution in [3.8, 4) is 39.5 Å². The third-order valence-corrected chi connectivity index (χ3v) is 10.8. The second-order valence-corrected chi connectivity index (χ2v) is 13.7. The summed E-state index contributed by atoms with van der Waals surface area (Å²) in [5.41, 5.74) is 9.79. The van der Waals surface area contributed by atoms with E-state index in [1.54, 1.807) is 0 Å². The van der Waals surface area contributed by atoms with E-state index < -0.39 is 0 Å². The van der Waals surface area contributed by atoms with Crippen LogP contribution in [-0.4, -0.2) is 14.5 Å². The molecule has 2 heterocycles. The van der Waals surface area contributed by atoms with Gasteiger partial charge in [0.05, 0.1) is 22.2 Å². The largest absolute Gasteiger partial charge is 0.278 e. The lowest BCUT2D eigenvalue weighted by atomic mass is 9.92. The predicted molar refractivity (Wildman–Crippen MR) is 223 cm³/mol. The molecule has 246 valence electrons. The first kappa shape index (κ1) is 29.6. The molecule has 0 aliphatic carbocycles. The maximum absolute atomic E-state index is 5.45. The van der Waals surface area contributed by atoms with E-state index in [9.17, 15) is 0 Å². The molecule has 0 aliphatic rings. The highest BCUT2D eigenvalue weighted by molar-refractivity contribution is 6.35. The maximum atomic E-state index is 5.45. The van der Waals surface area contributed by atoms with E-state index in [4.69, 9.17) is 9.97 Å². The van der Waals surface area contributed by atoms with E-state index in [1.807, 2.05) is 0 Å². The van der Waals surface area contributed by atoms with Crippen molar-refractivity contribution in [1.29, 1.82) is 0 Å². The van der Waals surface area contributed by atoms with Crippen LogP contribution in [0.4, 0.5) is 0 Å². The highest BCUT2D eigenvalue weighted by Crippen LogP contribution is 2.43.